The van der Waals surface area contributed by atoms with Gasteiger partial charge in [-0.2, -0.15) is 0 Å². The van der Waals surface area contributed by atoms with E-state index in [1.165, 1.54) is 24.3 Å². The Labute approximate surface area is 190 Å². The number of likely N-dealkylation sites (tertiary alicyclic amines) is 1. The molecule has 0 spiro atoms. The maximum absolute atomic E-state index is 13.2. The molecule has 1 aromatic heterocycles. The van der Waals surface area contributed by atoms with Crippen molar-refractivity contribution in [1.82, 2.24) is 9.88 Å². The molecule has 3 aromatic rings. The number of benzene rings is 2. The monoisotopic (exact) mass is 446 g/mol. The average Bonchev–Trinajstić information content (AvgIpc) is 2.81. The van der Waals surface area contributed by atoms with E-state index in [2.05, 4.69) is 10.3 Å². The lowest BCUT2D eigenvalue weighted by Gasteiger charge is -2.58. The van der Waals surface area contributed by atoms with Gasteiger partial charge in [-0.05, 0) is 48.0 Å². The Morgan fingerprint density at radius 2 is 1.82 bits per heavy atom. The maximum Gasteiger partial charge on any atom is 0.326 e. The number of fused-ring (bicyclic) bond motifs is 3. The first-order chi connectivity index (χ1) is 16.1. The Balaban J connectivity index is 1.42. The van der Waals surface area contributed by atoms with Crippen molar-refractivity contribution >= 4 is 23.3 Å². The molecule has 8 heteroatoms. The summed E-state index contributed by atoms with van der Waals surface area (Å²) in [5, 5.41) is 12.9. The van der Waals surface area contributed by atoms with Crippen LogP contribution < -0.4 is 10.2 Å². The van der Waals surface area contributed by atoms with E-state index < -0.39 is 0 Å². The van der Waals surface area contributed by atoms with Gasteiger partial charge in [-0.15, -0.1) is 0 Å². The van der Waals surface area contributed by atoms with Gasteiger partial charge in [-0.25, -0.2) is 9.18 Å². The number of hydrogen-bond donors (Lipinski definition) is 2. The molecule has 2 N–H and O–H groups in total. The van der Waals surface area contributed by atoms with E-state index in [0.29, 0.717) is 17.9 Å². The van der Waals surface area contributed by atoms with Crippen LogP contribution in [0.2, 0.25) is 0 Å². The molecule has 0 aliphatic carbocycles. The van der Waals surface area contributed by atoms with Crippen LogP contribution in [0.15, 0.2) is 72.9 Å². The predicted octanol–water partition coefficient (Wildman–Crippen LogP) is 3.17. The number of halogens is 1. The third kappa shape index (κ3) is 3.82. The molecule has 5 rings (SSSR count). The van der Waals surface area contributed by atoms with Gasteiger partial charge in [-0.1, -0.05) is 24.3 Å². The van der Waals surface area contributed by atoms with Crippen LogP contribution >= 0.6 is 0 Å². The summed E-state index contributed by atoms with van der Waals surface area (Å²) in [7, 11) is 0. The van der Waals surface area contributed by atoms with E-state index in [9.17, 15) is 19.1 Å². The number of nitrogens with zero attached hydrogens (tertiary/aromatic N) is 3. The lowest BCUT2D eigenvalue weighted by atomic mass is 9.71. The third-order valence-corrected chi connectivity index (χ3v) is 6.37. The molecular formula is C25H23FN4O3. The summed E-state index contributed by atoms with van der Waals surface area (Å²) in [6, 6.07) is 17.6. The summed E-state index contributed by atoms with van der Waals surface area (Å²) in [6.45, 7) is 0.129. The molecule has 3 amide bonds. The highest BCUT2D eigenvalue weighted by atomic mass is 19.1. The second-order valence-corrected chi connectivity index (χ2v) is 8.25. The number of aromatic nitrogens is 1. The lowest BCUT2D eigenvalue weighted by molar-refractivity contribution is -0.149. The van der Waals surface area contributed by atoms with Crippen LogP contribution in [0.1, 0.15) is 17.2 Å². The number of carbonyl (C=O) groups is 2. The standard InChI is InChI=1S/C25H23FN4O3/c26-16-8-10-17(11-9-16)28-25(33)29-14-21-24(19-6-1-2-7-20(19)29)22(15-31)30(21)23(32)13-18-5-3-4-12-27-18/h1-12,21-22,24,31H,13-15H2,(H,28,33)/t21-,22-,24+/m1/s1. The minimum Gasteiger partial charge on any atom is -0.394 e. The largest absolute Gasteiger partial charge is 0.394 e. The fourth-order valence-electron chi connectivity index (χ4n) is 4.90. The van der Waals surface area contributed by atoms with Crippen molar-refractivity contribution < 1.29 is 19.1 Å². The van der Waals surface area contributed by atoms with Gasteiger partial charge in [0.1, 0.15) is 5.82 Å². The first-order valence-electron chi connectivity index (χ1n) is 10.8. The van der Waals surface area contributed by atoms with Gasteiger partial charge in [0.2, 0.25) is 5.91 Å². The van der Waals surface area contributed by atoms with Crippen molar-refractivity contribution in [1.29, 1.82) is 0 Å². The molecule has 2 aromatic carbocycles. The molecule has 7 nitrogen and oxygen atoms in total. The molecule has 0 radical (unpaired) electrons. The van der Waals surface area contributed by atoms with Crippen LogP contribution in [0, 0.1) is 5.82 Å². The highest BCUT2D eigenvalue weighted by molar-refractivity contribution is 6.03. The zero-order chi connectivity index (χ0) is 22.9. The van der Waals surface area contributed by atoms with E-state index in [-0.39, 0.29) is 48.8 Å². The number of aliphatic hydroxyl groups is 1. The van der Waals surface area contributed by atoms with Gasteiger partial charge in [-0.3, -0.25) is 14.7 Å². The Kier molecular flexibility index (Phi) is 5.51. The van der Waals surface area contributed by atoms with Crippen molar-refractivity contribution in [3.05, 3.63) is 90.0 Å². The van der Waals surface area contributed by atoms with Crippen LogP contribution in [-0.2, 0) is 11.2 Å². The topological polar surface area (TPSA) is 85.8 Å². The highest BCUT2D eigenvalue weighted by Gasteiger charge is 2.55. The maximum atomic E-state index is 13.2. The van der Waals surface area contributed by atoms with Crippen molar-refractivity contribution in [2.75, 3.05) is 23.4 Å². The molecule has 1 fully saturated rings. The Morgan fingerprint density at radius 3 is 2.55 bits per heavy atom. The smallest absolute Gasteiger partial charge is 0.326 e. The normalized spacial score (nSPS) is 21.0. The number of anilines is 2. The number of nitrogens with one attached hydrogen (secondary N) is 1. The van der Waals surface area contributed by atoms with Gasteiger partial charge in [0, 0.05) is 35.7 Å². The van der Waals surface area contributed by atoms with Gasteiger partial charge in [0.25, 0.3) is 0 Å². The summed E-state index contributed by atoms with van der Waals surface area (Å²) < 4.78 is 13.2. The van der Waals surface area contributed by atoms with Gasteiger partial charge in [0.15, 0.2) is 0 Å². The van der Waals surface area contributed by atoms with E-state index in [1.54, 1.807) is 28.1 Å². The molecule has 0 saturated carbocycles. The fraction of sp³-hybridized carbons (Fsp3) is 0.240. The van der Waals surface area contributed by atoms with Gasteiger partial charge in [0.05, 0.1) is 25.1 Å². The van der Waals surface area contributed by atoms with Crippen molar-refractivity contribution in [2.24, 2.45) is 0 Å². The molecule has 0 unspecified atom stereocenters. The molecular weight excluding hydrogens is 423 g/mol. The van der Waals surface area contributed by atoms with Gasteiger partial charge < -0.3 is 15.3 Å². The minimum atomic E-state index is -0.384. The number of rotatable bonds is 4. The Morgan fingerprint density at radius 1 is 1.06 bits per heavy atom. The van der Waals surface area contributed by atoms with E-state index in [1.807, 2.05) is 30.3 Å². The Bertz CT molecular complexity index is 1170. The van der Waals surface area contributed by atoms with E-state index in [4.69, 9.17) is 0 Å². The van der Waals surface area contributed by atoms with Crippen LogP contribution in [0.5, 0.6) is 0 Å². The number of hydrogen-bond acceptors (Lipinski definition) is 4. The second-order valence-electron chi connectivity index (χ2n) is 8.25. The third-order valence-electron chi connectivity index (χ3n) is 6.37. The van der Waals surface area contributed by atoms with Crippen molar-refractivity contribution in [3.8, 4) is 0 Å². The molecule has 168 valence electrons. The molecule has 2 aliphatic rings. The highest BCUT2D eigenvalue weighted by Crippen LogP contribution is 2.48. The van der Waals surface area contributed by atoms with Crippen LogP contribution in [0.3, 0.4) is 0 Å². The number of para-hydroxylation sites is 1. The first kappa shape index (κ1) is 21.1. The first-order valence-corrected chi connectivity index (χ1v) is 10.8. The molecule has 3 atom stereocenters. The predicted molar refractivity (Wildman–Crippen MR) is 121 cm³/mol. The van der Waals surface area contributed by atoms with Crippen molar-refractivity contribution in [3.63, 3.8) is 0 Å². The number of carbonyl (C=O) groups excluding carboxylic acids is 2. The Hall–Kier alpha value is -3.78. The number of pyridine rings is 1. The zero-order valence-corrected chi connectivity index (χ0v) is 17.8. The molecule has 1 saturated heterocycles. The van der Waals surface area contributed by atoms with E-state index >= 15 is 0 Å². The SMILES string of the molecule is O=C(Nc1ccc(F)cc1)N1C[C@@H]2[C@H](c3ccccc31)[C@@H](CO)N2C(=O)Cc1ccccn1. The molecule has 0 bridgehead atoms. The quantitative estimate of drug-likeness (QED) is 0.645. The van der Waals surface area contributed by atoms with Crippen LogP contribution in [0.4, 0.5) is 20.6 Å². The fourth-order valence-corrected chi connectivity index (χ4v) is 4.90. The summed E-state index contributed by atoms with van der Waals surface area (Å²) in [6.07, 6.45) is 1.77. The molecule has 33 heavy (non-hydrogen) atoms. The zero-order valence-electron chi connectivity index (χ0n) is 17.8. The number of urea groups is 1. The van der Waals surface area contributed by atoms with Crippen molar-refractivity contribution in [2.45, 2.75) is 24.4 Å². The number of amides is 3. The minimum absolute atomic E-state index is 0.0613. The van der Waals surface area contributed by atoms with Crippen LogP contribution in [0.25, 0.3) is 0 Å². The second kappa shape index (κ2) is 8.63. The number of aliphatic hydroxyl groups excluding tert-OH is 1. The van der Waals surface area contributed by atoms with Gasteiger partial charge >= 0.3 is 6.03 Å². The van der Waals surface area contributed by atoms with E-state index in [0.717, 1.165) is 11.3 Å². The lowest BCUT2D eigenvalue weighted by Crippen LogP contribution is -2.71. The average molecular weight is 446 g/mol. The summed E-state index contributed by atoms with van der Waals surface area (Å²) >= 11 is 0. The van der Waals surface area contributed by atoms with Crippen LogP contribution in [-0.4, -0.2) is 52.2 Å². The molecule has 2 aliphatic heterocycles. The molecule has 3 heterocycles. The summed E-state index contributed by atoms with van der Waals surface area (Å²) in [4.78, 5) is 33.8. The summed E-state index contributed by atoms with van der Waals surface area (Å²) in [5.41, 5.74) is 2.80. The summed E-state index contributed by atoms with van der Waals surface area (Å²) in [5.74, 6) is -0.577.